The average molecular weight is 349 g/mol. The van der Waals surface area contributed by atoms with Crippen molar-refractivity contribution >= 4 is 38.2 Å². The third kappa shape index (κ3) is 2.85. The average Bonchev–Trinajstić information content (AvgIpc) is 2.59. The van der Waals surface area contributed by atoms with Gasteiger partial charge < -0.3 is 15.5 Å². The minimum absolute atomic E-state index is 0.435. The molecule has 1 aliphatic rings. The van der Waals surface area contributed by atoms with E-state index in [-0.39, 0.29) is 0 Å². The van der Waals surface area contributed by atoms with Crippen LogP contribution in [0.25, 0.3) is 10.9 Å². The summed E-state index contributed by atoms with van der Waals surface area (Å²) >= 11 is 3.56. The van der Waals surface area contributed by atoms with Gasteiger partial charge in [-0.2, -0.15) is 0 Å². The van der Waals surface area contributed by atoms with Crippen molar-refractivity contribution in [1.29, 1.82) is 0 Å². The first-order chi connectivity index (χ1) is 10.1. The number of fused-ring (bicyclic) bond motifs is 1. The molecule has 2 N–H and O–H groups in total. The number of rotatable bonds is 1. The minimum Gasteiger partial charge on any atom is -0.396 e. The largest absolute Gasteiger partial charge is 0.396 e. The van der Waals surface area contributed by atoms with Gasteiger partial charge in [-0.15, -0.1) is 0 Å². The summed E-state index contributed by atoms with van der Waals surface area (Å²) in [6.07, 6.45) is 2.94. The molecular formula is C16H21BrN4. The third-order valence-electron chi connectivity index (χ3n) is 4.16. The van der Waals surface area contributed by atoms with E-state index in [0.717, 1.165) is 52.8 Å². The SMILES string of the molecule is CC1CN(C)CCCN1c1c(N)cnc2ccc(Br)cc12. The monoisotopic (exact) mass is 348 g/mol. The molecule has 1 aromatic heterocycles. The molecule has 112 valence electrons. The van der Waals surface area contributed by atoms with E-state index in [4.69, 9.17) is 5.73 Å². The highest BCUT2D eigenvalue weighted by atomic mass is 79.9. The number of aromatic nitrogens is 1. The lowest BCUT2D eigenvalue weighted by Gasteiger charge is -2.32. The Balaban J connectivity index is 2.13. The zero-order valence-electron chi connectivity index (χ0n) is 12.5. The number of halogens is 1. The Kier molecular flexibility index (Phi) is 4.04. The van der Waals surface area contributed by atoms with E-state index in [1.807, 2.05) is 12.1 Å². The van der Waals surface area contributed by atoms with Crippen molar-refractivity contribution in [3.63, 3.8) is 0 Å². The Morgan fingerprint density at radius 3 is 2.95 bits per heavy atom. The van der Waals surface area contributed by atoms with Gasteiger partial charge >= 0.3 is 0 Å². The van der Waals surface area contributed by atoms with Crippen molar-refractivity contribution in [3.8, 4) is 0 Å². The van der Waals surface area contributed by atoms with E-state index in [0.29, 0.717) is 6.04 Å². The minimum atomic E-state index is 0.435. The first-order valence-corrected chi connectivity index (χ1v) is 8.14. The maximum absolute atomic E-state index is 6.28. The van der Waals surface area contributed by atoms with Crippen LogP contribution in [0.5, 0.6) is 0 Å². The highest BCUT2D eigenvalue weighted by molar-refractivity contribution is 9.10. The topological polar surface area (TPSA) is 45.4 Å². The van der Waals surface area contributed by atoms with Gasteiger partial charge in [-0.05, 0) is 45.1 Å². The summed E-state index contributed by atoms with van der Waals surface area (Å²) in [5, 5.41) is 1.13. The summed E-state index contributed by atoms with van der Waals surface area (Å²) in [4.78, 5) is 9.29. The van der Waals surface area contributed by atoms with Crippen molar-refractivity contribution in [2.75, 3.05) is 37.3 Å². The molecule has 5 heteroatoms. The van der Waals surface area contributed by atoms with Crippen LogP contribution in [-0.4, -0.2) is 42.6 Å². The number of nitrogens with two attached hydrogens (primary N) is 1. The highest BCUT2D eigenvalue weighted by Crippen LogP contribution is 2.35. The molecule has 0 radical (unpaired) electrons. The van der Waals surface area contributed by atoms with Crippen molar-refractivity contribution in [1.82, 2.24) is 9.88 Å². The molecule has 1 aromatic carbocycles. The number of nitrogen functional groups attached to an aromatic ring is 1. The van der Waals surface area contributed by atoms with Gasteiger partial charge in [-0.25, -0.2) is 0 Å². The summed E-state index contributed by atoms with van der Waals surface area (Å²) < 4.78 is 1.06. The molecule has 1 unspecified atom stereocenters. The molecule has 0 spiro atoms. The van der Waals surface area contributed by atoms with Crippen LogP contribution in [0.15, 0.2) is 28.9 Å². The van der Waals surface area contributed by atoms with Crippen LogP contribution in [0.3, 0.4) is 0 Å². The Morgan fingerprint density at radius 1 is 1.33 bits per heavy atom. The normalized spacial score (nSPS) is 20.7. The van der Waals surface area contributed by atoms with Crippen molar-refractivity contribution in [2.24, 2.45) is 0 Å². The first-order valence-electron chi connectivity index (χ1n) is 7.35. The summed E-state index contributed by atoms with van der Waals surface area (Å²) in [5.74, 6) is 0. The van der Waals surface area contributed by atoms with Gasteiger partial charge in [0.05, 0.1) is 23.1 Å². The number of anilines is 2. The fraction of sp³-hybridized carbons (Fsp3) is 0.438. The van der Waals surface area contributed by atoms with Crippen LogP contribution in [0.4, 0.5) is 11.4 Å². The number of hydrogen-bond donors (Lipinski definition) is 1. The van der Waals surface area contributed by atoms with Crippen LogP contribution < -0.4 is 10.6 Å². The molecule has 3 rings (SSSR count). The molecule has 2 aromatic rings. The van der Waals surface area contributed by atoms with Gasteiger partial charge in [-0.1, -0.05) is 15.9 Å². The van der Waals surface area contributed by atoms with Gasteiger partial charge in [-0.3, -0.25) is 4.98 Å². The van der Waals surface area contributed by atoms with Crippen LogP contribution >= 0.6 is 15.9 Å². The zero-order valence-corrected chi connectivity index (χ0v) is 14.1. The lowest BCUT2D eigenvalue weighted by Crippen LogP contribution is -2.38. The third-order valence-corrected chi connectivity index (χ3v) is 4.66. The molecule has 21 heavy (non-hydrogen) atoms. The Morgan fingerprint density at radius 2 is 2.14 bits per heavy atom. The summed E-state index contributed by atoms with van der Waals surface area (Å²) in [5.41, 5.74) is 9.17. The van der Waals surface area contributed by atoms with Crippen molar-refractivity contribution in [2.45, 2.75) is 19.4 Å². The van der Waals surface area contributed by atoms with Crippen LogP contribution in [-0.2, 0) is 0 Å². The number of benzene rings is 1. The molecule has 4 nitrogen and oxygen atoms in total. The molecule has 1 atom stereocenters. The standard InChI is InChI=1S/C16H21BrN4/c1-11-10-20(2)6-3-7-21(11)16-13-8-12(17)4-5-15(13)19-9-14(16)18/h4-5,8-9,11H,3,6-7,10,18H2,1-2H3. The molecule has 0 amide bonds. The van der Waals surface area contributed by atoms with E-state index >= 15 is 0 Å². The van der Waals surface area contributed by atoms with Crippen LogP contribution in [0.2, 0.25) is 0 Å². The number of pyridine rings is 1. The maximum atomic E-state index is 6.28. The summed E-state index contributed by atoms with van der Waals surface area (Å²) in [7, 11) is 2.19. The van der Waals surface area contributed by atoms with E-state index in [1.165, 1.54) is 0 Å². The smallest absolute Gasteiger partial charge is 0.0745 e. The Hall–Kier alpha value is -1.33. The molecule has 1 aliphatic heterocycles. The Labute approximate surface area is 134 Å². The molecule has 1 fully saturated rings. The van der Waals surface area contributed by atoms with Crippen molar-refractivity contribution in [3.05, 3.63) is 28.9 Å². The molecule has 0 aliphatic carbocycles. The summed E-state index contributed by atoms with van der Waals surface area (Å²) in [6.45, 7) is 5.48. The maximum Gasteiger partial charge on any atom is 0.0745 e. The van der Waals surface area contributed by atoms with Gasteiger partial charge in [0.1, 0.15) is 0 Å². The fourth-order valence-corrected chi connectivity index (χ4v) is 3.55. The van der Waals surface area contributed by atoms with E-state index < -0.39 is 0 Å². The van der Waals surface area contributed by atoms with Gasteiger partial charge in [0.2, 0.25) is 0 Å². The lowest BCUT2D eigenvalue weighted by molar-refractivity contribution is 0.337. The second-order valence-electron chi connectivity index (χ2n) is 5.88. The molecular weight excluding hydrogens is 328 g/mol. The number of nitrogens with zero attached hydrogens (tertiary/aromatic N) is 3. The highest BCUT2D eigenvalue weighted by Gasteiger charge is 2.23. The summed E-state index contributed by atoms with van der Waals surface area (Å²) in [6, 6.07) is 6.62. The first kappa shape index (κ1) is 14.6. The second-order valence-corrected chi connectivity index (χ2v) is 6.80. The molecule has 0 saturated carbocycles. The van der Waals surface area contributed by atoms with Gasteiger partial charge in [0.15, 0.2) is 0 Å². The zero-order chi connectivity index (χ0) is 15.0. The van der Waals surface area contributed by atoms with Gasteiger partial charge in [0.25, 0.3) is 0 Å². The molecule has 1 saturated heterocycles. The quantitative estimate of drug-likeness (QED) is 0.859. The van der Waals surface area contributed by atoms with E-state index in [2.05, 4.69) is 50.8 Å². The Bertz CT molecular complexity index is 653. The molecule has 2 heterocycles. The van der Waals surface area contributed by atoms with Crippen LogP contribution in [0, 0.1) is 0 Å². The van der Waals surface area contributed by atoms with E-state index in [1.54, 1.807) is 6.20 Å². The predicted molar refractivity (Wildman–Crippen MR) is 92.8 cm³/mol. The molecule has 0 bridgehead atoms. The van der Waals surface area contributed by atoms with Crippen LogP contribution in [0.1, 0.15) is 13.3 Å². The van der Waals surface area contributed by atoms with Crippen molar-refractivity contribution < 1.29 is 0 Å². The lowest BCUT2D eigenvalue weighted by atomic mass is 10.1. The fourth-order valence-electron chi connectivity index (χ4n) is 3.19. The second kappa shape index (κ2) is 5.81. The predicted octanol–water partition coefficient (Wildman–Crippen LogP) is 3.11. The number of hydrogen-bond acceptors (Lipinski definition) is 4. The van der Waals surface area contributed by atoms with Gasteiger partial charge in [0, 0.05) is 29.0 Å². The van der Waals surface area contributed by atoms with E-state index in [9.17, 15) is 0 Å². The number of likely N-dealkylation sites (N-methyl/N-ethyl adjacent to an activating group) is 1.